The number of para-hydroxylation sites is 2. The van der Waals surface area contributed by atoms with E-state index in [4.69, 9.17) is 10.4 Å². The minimum absolute atomic E-state index is 0.262. The zero-order valence-corrected chi connectivity index (χ0v) is 5.91. The van der Waals surface area contributed by atoms with Gasteiger partial charge in [-0.15, -0.1) is 5.23 Å². The lowest BCUT2D eigenvalue weighted by Gasteiger charge is -2.06. The van der Waals surface area contributed by atoms with Crippen LogP contribution in [0.2, 0.25) is 0 Å². The fourth-order valence-corrected chi connectivity index (χ4v) is 0.788. The maximum Gasteiger partial charge on any atom is 0.297 e. The molecular weight excluding hydrogens is 164 g/mol. The van der Waals surface area contributed by atoms with E-state index in [0.717, 1.165) is 0 Å². The molecule has 1 rings (SSSR count). The minimum atomic E-state index is -0.700. The minimum Gasteiger partial charge on any atom is -0.264 e. The molecule has 0 heterocycles. The fourth-order valence-electron chi connectivity index (χ4n) is 0.788. The number of rotatable bonds is 2. The number of hydrogen-bond acceptors (Lipinski definition) is 5. The van der Waals surface area contributed by atoms with Gasteiger partial charge in [-0.3, -0.25) is 20.5 Å². The van der Waals surface area contributed by atoms with E-state index in [2.05, 4.69) is 0 Å². The van der Waals surface area contributed by atoms with Crippen LogP contribution in [-0.4, -0.2) is 15.3 Å². The van der Waals surface area contributed by atoms with Gasteiger partial charge in [0.1, 0.15) is 0 Å². The summed E-state index contributed by atoms with van der Waals surface area (Å²) in [6, 6.07) is 5.29. The van der Waals surface area contributed by atoms with Gasteiger partial charge in [0, 0.05) is 6.07 Å². The van der Waals surface area contributed by atoms with Crippen LogP contribution in [0.5, 0.6) is 0 Å². The summed E-state index contributed by atoms with van der Waals surface area (Å²) < 4.78 is 0. The van der Waals surface area contributed by atoms with Crippen LogP contribution in [0.15, 0.2) is 24.3 Å². The smallest absolute Gasteiger partial charge is 0.264 e. The fraction of sp³-hybridized carbons (Fsp3) is 0. The van der Waals surface area contributed by atoms with Crippen molar-refractivity contribution in [3.63, 3.8) is 0 Å². The van der Waals surface area contributed by atoms with Crippen molar-refractivity contribution < 1.29 is 15.3 Å². The molecule has 0 saturated heterocycles. The molecule has 6 heteroatoms. The molecule has 6 nitrogen and oxygen atoms in total. The second-order valence-electron chi connectivity index (χ2n) is 2.04. The van der Waals surface area contributed by atoms with Gasteiger partial charge < -0.3 is 0 Å². The molecule has 0 bridgehead atoms. The second kappa shape index (κ2) is 3.16. The predicted octanol–water partition coefficient (Wildman–Crippen LogP) is 1.18. The molecule has 0 atom stereocenters. The first kappa shape index (κ1) is 8.44. The lowest BCUT2D eigenvalue weighted by molar-refractivity contribution is -0.384. The summed E-state index contributed by atoms with van der Waals surface area (Å²) in [7, 11) is 0. The van der Waals surface area contributed by atoms with Crippen molar-refractivity contribution in [3.8, 4) is 0 Å². The third-order valence-corrected chi connectivity index (χ3v) is 1.29. The van der Waals surface area contributed by atoms with Gasteiger partial charge >= 0.3 is 0 Å². The summed E-state index contributed by atoms with van der Waals surface area (Å²) in [5.41, 5.74) is -0.620. The molecule has 0 aliphatic carbocycles. The van der Waals surface area contributed by atoms with Gasteiger partial charge in [0.15, 0.2) is 5.69 Å². The SMILES string of the molecule is O=[N+]([O-])c1ccccc1N(O)O. The van der Waals surface area contributed by atoms with Crippen molar-refractivity contribution in [2.75, 3.05) is 5.23 Å². The quantitative estimate of drug-likeness (QED) is 0.514. The number of benzene rings is 1. The summed E-state index contributed by atoms with van der Waals surface area (Å²) in [6.45, 7) is 0. The highest BCUT2D eigenvalue weighted by atomic mass is 16.8. The number of hydrogen-bond donors (Lipinski definition) is 2. The molecule has 12 heavy (non-hydrogen) atoms. The maximum atomic E-state index is 10.3. The zero-order valence-electron chi connectivity index (χ0n) is 5.91. The van der Waals surface area contributed by atoms with Gasteiger partial charge in [-0.05, 0) is 6.07 Å². The number of anilines is 1. The molecule has 0 aliphatic heterocycles. The van der Waals surface area contributed by atoms with Crippen molar-refractivity contribution >= 4 is 11.4 Å². The molecule has 0 amide bonds. The Kier molecular flexibility index (Phi) is 2.22. The highest BCUT2D eigenvalue weighted by Gasteiger charge is 2.15. The van der Waals surface area contributed by atoms with E-state index >= 15 is 0 Å². The number of nitro benzene ring substituents is 1. The highest BCUT2D eigenvalue weighted by molar-refractivity contribution is 5.59. The topological polar surface area (TPSA) is 86.8 Å². The van der Waals surface area contributed by atoms with Crippen molar-refractivity contribution in [2.24, 2.45) is 0 Å². The molecule has 1 aromatic carbocycles. The monoisotopic (exact) mass is 170 g/mol. The van der Waals surface area contributed by atoms with E-state index in [-0.39, 0.29) is 16.6 Å². The van der Waals surface area contributed by atoms with Gasteiger partial charge in [-0.1, -0.05) is 12.1 Å². The van der Waals surface area contributed by atoms with E-state index in [0.29, 0.717) is 0 Å². The number of nitrogens with zero attached hydrogens (tertiary/aromatic N) is 2. The molecular formula is C6H6N2O4. The van der Waals surface area contributed by atoms with Crippen molar-refractivity contribution in [3.05, 3.63) is 34.4 Å². The van der Waals surface area contributed by atoms with Gasteiger partial charge in [0.25, 0.3) is 5.69 Å². The Morgan fingerprint density at radius 1 is 1.33 bits per heavy atom. The lowest BCUT2D eigenvalue weighted by Crippen LogP contribution is -2.12. The molecule has 0 radical (unpaired) electrons. The van der Waals surface area contributed by atoms with Crippen LogP contribution < -0.4 is 5.23 Å². The molecule has 0 aromatic heterocycles. The third-order valence-electron chi connectivity index (χ3n) is 1.29. The standard InChI is InChI=1S/C6H6N2O4/c9-7(10)5-3-1-2-4-6(5)8(11)12/h1-4,9-10H. The maximum absolute atomic E-state index is 10.3. The Hall–Kier alpha value is -1.66. The van der Waals surface area contributed by atoms with Gasteiger partial charge in [0.05, 0.1) is 4.92 Å². The zero-order chi connectivity index (χ0) is 9.14. The largest absolute Gasteiger partial charge is 0.297 e. The van der Waals surface area contributed by atoms with Crippen molar-refractivity contribution in [2.45, 2.75) is 0 Å². The molecule has 2 N–H and O–H groups in total. The second-order valence-corrected chi connectivity index (χ2v) is 2.04. The summed E-state index contributed by atoms with van der Waals surface area (Å²) in [5.74, 6) is 0. The molecule has 0 aliphatic rings. The Morgan fingerprint density at radius 3 is 2.33 bits per heavy atom. The van der Waals surface area contributed by atoms with Crippen molar-refractivity contribution in [1.29, 1.82) is 0 Å². The Morgan fingerprint density at radius 2 is 1.92 bits per heavy atom. The molecule has 0 spiro atoms. The summed E-state index contributed by atoms with van der Waals surface area (Å²) >= 11 is 0. The van der Waals surface area contributed by atoms with E-state index in [9.17, 15) is 10.1 Å². The number of nitro groups is 1. The first-order chi connectivity index (χ1) is 5.63. The Balaban J connectivity index is 3.17. The van der Waals surface area contributed by atoms with Gasteiger partial charge in [-0.2, -0.15) is 0 Å². The predicted molar refractivity (Wildman–Crippen MR) is 39.1 cm³/mol. The summed E-state index contributed by atoms with van der Waals surface area (Å²) in [4.78, 5) is 9.58. The van der Waals surface area contributed by atoms with Crippen LogP contribution in [0.3, 0.4) is 0 Å². The van der Waals surface area contributed by atoms with Crippen LogP contribution in [0, 0.1) is 10.1 Å². The summed E-state index contributed by atoms with van der Waals surface area (Å²) in [6.07, 6.45) is 0. The van der Waals surface area contributed by atoms with E-state index < -0.39 is 4.92 Å². The lowest BCUT2D eigenvalue weighted by atomic mass is 10.3. The van der Waals surface area contributed by atoms with Crippen LogP contribution >= 0.6 is 0 Å². The van der Waals surface area contributed by atoms with Crippen LogP contribution in [0.1, 0.15) is 0 Å². The average molecular weight is 170 g/mol. The van der Waals surface area contributed by atoms with Gasteiger partial charge in [0.2, 0.25) is 0 Å². The summed E-state index contributed by atoms with van der Waals surface area (Å²) in [5, 5.41) is 27.1. The highest BCUT2D eigenvalue weighted by Crippen LogP contribution is 2.24. The molecule has 0 unspecified atom stereocenters. The van der Waals surface area contributed by atoms with Crippen molar-refractivity contribution in [1.82, 2.24) is 0 Å². The average Bonchev–Trinajstić information content (AvgIpc) is 2.04. The van der Waals surface area contributed by atoms with Crippen LogP contribution in [0.4, 0.5) is 11.4 Å². The van der Waals surface area contributed by atoms with Gasteiger partial charge in [-0.25, -0.2) is 0 Å². The molecule has 64 valence electrons. The van der Waals surface area contributed by atoms with E-state index in [1.54, 1.807) is 0 Å². The molecule has 0 saturated carbocycles. The Bertz CT molecular complexity index is 299. The third kappa shape index (κ3) is 1.49. The van der Waals surface area contributed by atoms with E-state index in [1.165, 1.54) is 24.3 Å². The van der Waals surface area contributed by atoms with E-state index in [1.807, 2.05) is 0 Å². The molecule has 0 fully saturated rings. The Labute approximate surface area is 67.3 Å². The molecule has 1 aromatic rings. The normalized spacial score (nSPS) is 9.50. The first-order valence-corrected chi connectivity index (χ1v) is 3.04. The van der Waals surface area contributed by atoms with Crippen LogP contribution in [-0.2, 0) is 0 Å². The first-order valence-electron chi connectivity index (χ1n) is 3.04. The van der Waals surface area contributed by atoms with Crippen LogP contribution in [0.25, 0.3) is 0 Å².